The minimum Gasteiger partial charge on any atom is -0.467 e. The van der Waals surface area contributed by atoms with E-state index in [9.17, 15) is 9.59 Å². The SMILES string of the molecule is COC(=O)[C@@H](CC(C)C)NC(=O)c1ccc(Cl)cc1-n1cnnn1. The minimum absolute atomic E-state index is 0.207. The van der Waals surface area contributed by atoms with Crippen LogP contribution in [0.4, 0.5) is 0 Å². The molecule has 0 saturated carbocycles. The molecule has 9 heteroatoms. The average Bonchev–Trinajstić information content (AvgIpc) is 3.07. The first-order chi connectivity index (χ1) is 11.4. The molecule has 24 heavy (non-hydrogen) atoms. The van der Waals surface area contributed by atoms with Gasteiger partial charge in [-0.1, -0.05) is 25.4 Å². The van der Waals surface area contributed by atoms with Crippen molar-refractivity contribution in [3.05, 3.63) is 35.1 Å². The van der Waals surface area contributed by atoms with E-state index in [4.69, 9.17) is 16.3 Å². The molecule has 0 spiro atoms. The molecule has 1 heterocycles. The van der Waals surface area contributed by atoms with Crippen LogP contribution in [-0.2, 0) is 9.53 Å². The van der Waals surface area contributed by atoms with Gasteiger partial charge in [0, 0.05) is 5.02 Å². The Bertz CT molecular complexity index is 718. The molecule has 1 aromatic carbocycles. The third-order valence-electron chi connectivity index (χ3n) is 3.30. The molecule has 2 rings (SSSR count). The lowest BCUT2D eigenvalue weighted by Crippen LogP contribution is -2.42. The predicted octanol–water partition coefficient (Wildman–Crippen LogP) is 1.63. The van der Waals surface area contributed by atoms with Crippen LogP contribution in [0.1, 0.15) is 30.6 Å². The predicted molar refractivity (Wildman–Crippen MR) is 86.9 cm³/mol. The van der Waals surface area contributed by atoms with Crippen LogP contribution >= 0.6 is 11.6 Å². The van der Waals surface area contributed by atoms with Gasteiger partial charge in [0.25, 0.3) is 5.91 Å². The number of nitrogens with one attached hydrogen (secondary N) is 1. The number of nitrogens with zero attached hydrogens (tertiary/aromatic N) is 4. The van der Waals surface area contributed by atoms with Crippen molar-refractivity contribution in [1.29, 1.82) is 0 Å². The summed E-state index contributed by atoms with van der Waals surface area (Å²) < 4.78 is 6.09. The maximum atomic E-state index is 12.6. The number of aromatic nitrogens is 4. The molecule has 8 nitrogen and oxygen atoms in total. The highest BCUT2D eigenvalue weighted by molar-refractivity contribution is 6.31. The molecule has 2 aromatic rings. The molecular formula is C15H18ClN5O3. The zero-order chi connectivity index (χ0) is 17.7. The van der Waals surface area contributed by atoms with Crippen molar-refractivity contribution >= 4 is 23.5 Å². The third-order valence-corrected chi connectivity index (χ3v) is 3.53. The number of hydrogen-bond acceptors (Lipinski definition) is 6. The van der Waals surface area contributed by atoms with E-state index in [2.05, 4.69) is 20.8 Å². The molecule has 0 unspecified atom stereocenters. The van der Waals surface area contributed by atoms with Gasteiger partial charge in [-0.25, -0.2) is 4.79 Å². The highest BCUT2D eigenvalue weighted by Gasteiger charge is 2.24. The first-order valence-electron chi connectivity index (χ1n) is 7.34. The maximum Gasteiger partial charge on any atom is 0.328 e. The highest BCUT2D eigenvalue weighted by Crippen LogP contribution is 2.19. The summed E-state index contributed by atoms with van der Waals surface area (Å²) in [6.45, 7) is 3.91. The summed E-state index contributed by atoms with van der Waals surface area (Å²) in [5.74, 6) is -0.721. The second-order valence-corrected chi connectivity index (χ2v) is 6.03. The number of rotatable bonds is 6. The molecule has 0 saturated heterocycles. The molecule has 0 fully saturated rings. The van der Waals surface area contributed by atoms with Gasteiger partial charge in [0.15, 0.2) is 0 Å². The highest BCUT2D eigenvalue weighted by atomic mass is 35.5. The van der Waals surface area contributed by atoms with Gasteiger partial charge in [0.2, 0.25) is 0 Å². The van der Waals surface area contributed by atoms with Crippen LogP contribution < -0.4 is 5.32 Å². The number of carbonyl (C=O) groups excluding carboxylic acids is 2. The van der Waals surface area contributed by atoms with Crippen LogP contribution in [0.2, 0.25) is 5.02 Å². The van der Waals surface area contributed by atoms with Crippen molar-refractivity contribution in [2.45, 2.75) is 26.3 Å². The molecule has 0 radical (unpaired) electrons. The van der Waals surface area contributed by atoms with Gasteiger partial charge in [-0.15, -0.1) is 5.10 Å². The molecule has 1 aromatic heterocycles. The smallest absolute Gasteiger partial charge is 0.328 e. The zero-order valence-corrected chi connectivity index (χ0v) is 14.3. The second kappa shape index (κ2) is 7.87. The number of benzene rings is 1. The van der Waals surface area contributed by atoms with E-state index in [1.807, 2.05) is 13.8 Å². The first kappa shape index (κ1) is 17.9. The van der Waals surface area contributed by atoms with Crippen LogP contribution in [-0.4, -0.2) is 45.2 Å². The van der Waals surface area contributed by atoms with Crippen molar-refractivity contribution in [3.63, 3.8) is 0 Å². The van der Waals surface area contributed by atoms with Crippen molar-refractivity contribution in [2.24, 2.45) is 5.92 Å². The molecule has 0 bridgehead atoms. The average molecular weight is 352 g/mol. The summed E-state index contributed by atoms with van der Waals surface area (Å²) in [5.41, 5.74) is 0.711. The van der Waals surface area contributed by atoms with E-state index in [-0.39, 0.29) is 5.92 Å². The number of tetrazole rings is 1. The number of halogens is 1. The van der Waals surface area contributed by atoms with Gasteiger partial charge in [-0.05, 0) is 41.0 Å². The molecular weight excluding hydrogens is 334 g/mol. The van der Waals surface area contributed by atoms with Gasteiger partial charge in [-0.2, -0.15) is 4.68 Å². The Hall–Kier alpha value is -2.48. The topological polar surface area (TPSA) is 99.0 Å². The normalized spacial score (nSPS) is 12.0. The maximum absolute atomic E-state index is 12.6. The van der Waals surface area contributed by atoms with Crippen molar-refractivity contribution in [3.8, 4) is 5.69 Å². The molecule has 0 aliphatic carbocycles. The number of esters is 1. The molecule has 0 aliphatic heterocycles. The number of hydrogen-bond donors (Lipinski definition) is 1. The Labute approximate surface area is 144 Å². The van der Waals surface area contributed by atoms with E-state index in [1.165, 1.54) is 18.1 Å². The van der Waals surface area contributed by atoms with E-state index in [0.29, 0.717) is 22.7 Å². The Morgan fingerprint density at radius 3 is 2.71 bits per heavy atom. The van der Waals surface area contributed by atoms with E-state index >= 15 is 0 Å². The van der Waals surface area contributed by atoms with Gasteiger partial charge >= 0.3 is 5.97 Å². The van der Waals surface area contributed by atoms with Crippen LogP contribution in [0.25, 0.3) is 5.69 Å². The standard InChI is InChI=1S/C15H18ClN5O3/c1-9(2)6-12(15(23)24-3)18-14(22)11-5-4-10(16)7-13(11)21-8-17-19-20-21/h4-5,7-9,12H,6H2,1-3H3,(H,18,22)/t12-/m1/s1. The van der Waals surface area contributed by atoms with Gasteiger partial charge in [-0.3, -0.25) is 4.79 Å². The molecule has 0 aliphatic rings. The van der Waals surface area contributed by atoms with E-state index < -0.39 is 17.9 Å². The molecule has 1 N–H and O–H groups in total. The number of ether oxygens (including phenoxy) is 1. The molecule has 128 valence electrons. The minimum atomic E-state index is -0.736. The molecule has 1 amide bonds. The monoisotopic (exact) mass is 351 g/mol. The fraction of sp³-hybridized carbons (Fsp3) is 0.400. The van der Waals surface area contributed by atoms with Crippen molar-refractivity contribution in [1.82, 2.24) is 25.5 Å². The summed E-state index contributed by atoms with van der Waals surface area (Å²) >= 11 is 6.00. The first-order valence-corrected chi connectivity index (χ1v) is 7.71. The van der Waals surface area contributed by atoms with Crippen LogP contribution in [0, 0.1) is 5.92 Å². The van der Waals surface area contributed by atoms with Gasteiger partial charge < -0.3 is 10.1 Å². The summed E-state index contributed by atoms with van der Waals surface area (Å²) in [6.07, 6.45) is 1.82. The second-order valence-electron chi connectivity index (χ2n) is 5.59. The van der Waals surface area contributed by atoms with E-state index in [0.717, 1.165) is 0 Å². The van der Waals surface area contributed by atoms with Gasteiger partial charge in [0.05, 0.1) is 18.4 Å². The molecule has 1 atom stereocenters. The quantitative estimate of drug-likeness (QED) is 0.794. The van der Waals surface area contributed by atoms with Gasteiger partial charge in [0.1, 0.15) is 12.4 Å². The number of methoxy groups -OCH3 is 1. The fourth-order valence-corrected chi connectivity index (χ4v) is 2.39. The lowest BCUT2D eigenvalue weighted by Gasteiger charge is -2.19. The largest absolute Gasteiger partial charge is 0.467 e. The van der Waals surface area contributed by atoms with Crippen molar-refractivity contribution < 1.29 is 14.3 Å². The summed E-state index contributed by atoms with van der Waals surface area (Å²) in [4.78, 5) is 24.5. The lowest BCUT2D eigenvalue weighted by atomic mass is 10.0. The Balaban J connectivity index is 2.30. The Morgan fingerprint density at radius 1 is 1.38 bits per heavy atom. The van der Waals surface area contributed by atoms with Crippen LogP contribution in [0.3, 0.4) is 0 Å². The van der Waals surface area contributed by atoms with Crippen LogP contribution in [0.5, 0.6) is 0 Å². The number of amides is 1. The fourth-order valence-electron chi connectivity index (χ4n) is 2.22. The van der Waals surface area contributed by atoms with E-state index in [1.54, 1.807) is 18.2 Å². The van der Waals surface area contributed by atoms with Crippen molar-refractivity contribution in [2.75, 3.05) is 7.11 Å². The summed E-state index contributed by atoms with van der Waals surface area (Å²) in [7, 11) is 1.29. The summed E-state index contributed by atoms with van der Waals surface area (Å²) in [6, 6.07) is 3.97. The lowest BCUT2D eigenvalue weighted by molar-refractivity contribution is -0.143. The Morgan fingerprint density at radius 2 is 2.12 bits per heavy atom. The zero-order valence-electron chi connectivity index (χ0n) is 13.6. The Kier molecular flexibility index (Phi) is 5.86. The van der Waals surface area contributed by atoms with Crippen LogP contribution in [0.15, 0.2) is 24.5 Å². The third kappa shape index (κ3) is 4.29. The summed E-state index contributed by atoms with van der Waals surface area (Å²) in [5, 5.41) is 14.0. The number of carbonyl (C=O) groups is 2.